The first-order chi connectivity index (χ1) is 20.0. The second-order valence-corrected chi connectivity index (χ2v) is 11.8. The molecule has 1 aliphatic heterocycles. The number of aromatic nitrogens is 1. The maximum absolute atomic E-state index is 13.9. The van der Waals surface area contributed by atoms with E-state index in [-0.39, 0.29) is 28.3 Å². The highest BCUT2D eigenvalue weighted by Crippen LogP contribution is 2.36. The van der Waals surface area contributed by atoms with Gasteiger partial charge in [0.15, 0.2) is 16.3 Å². The summed E-state index contributed by atoms with van der Waals surface area (Å²) >= 11 is 1.10. The second-order valence-electron chi connectivity index (χ2n) is 10.8. The molecule has 0 N–H and O–H groups in total. The third-order valence-corrected chi connectivity index (χ3v) is 7.65. The van der Waals surface area contributed by atoms with Gasteiger partial charge in [-0.3, -0.25) is 19.5 Å². The van der Waals surface area contributed by atoms with Gasteiger partial charge in [-0.25, -0.2) is 9.79 Å². The number of methoxy groups -OCH3 is 1. The van der Waals surface area contributed by atoms with Gasteiger partial charge in [0.05, 0.1) is 52.7 Å². The summed E-state index contributed by atoms with van der Waals surface area (Å²) in [5.74, 6) is 1.02. The number of carbonyl (C=O) groups is 1. The van der Waals surface area contributed by atoms with Gasteiger partial charge in [0, 0.05) is 6.07 Å². The minimum Gasteiger partial charge on any atom is -0.493 e. The van der Waals surface area contributed by atoms with E-state index in [4.69, 9.17) is 14.2 Å². The first kappa shape index (κ1) is 30.7. The lowest BCUT2D eigenvalue weighted by Crippen LogP contribution is -2.40. The molecule has 0 amide bonds. The SMILES string of the molecule is COc1cc(C2C(C(=O)OCC(C)C)=C(C)N=c3sc(=Cc4ccccc4[N+](=O)[O-])c(=O)n32)ccc1OCCC(C)C. The summed E-state index contributed by atoms with van der Waals surface area (Å²) < 4.78 is 18.9. The average Bonchev–Trinajstić information content (AvgIpc) is 3.25. The fourth-order valence-corrected chi connectivity index (χ4v) is 5.55. The van der Waals surface area contributed by atoms with Crippen LogP contribution in [0.1, 0.15) is 58.2 Å². The smallest absolute Gasteiger partial charge is 0.338 e. The minimum atomic E-state index is -0.868. The number of allylic oxidation sites excluding steroid dienone is 1. The van der Waals surface area contributed by atoms with Gasteiger partial charge in [0.1, 0.15) is 0 Å². The first-order valence-electron chi connectivity index (χ1n) is 13.8. The number of para-hydroxylation sites is 1. The largest absolute Gasteiger partial charge is 0.493 e. The molecule has 0 saturated heterocycles. The molecule has 1 aromatic heterocycles. The molecule has 0 bridgehead atoms. The number of rotatable bonds is 11. The lowest BCUT2D eigenvalue weighted by Gasteiger charge is -2.25. The predicted octanol–water partition coefficient (Wildman–Crippen LogP) is 4.78. The van der Waals surface area contributed by atoms with Crippen LogP contribution < -0.4 is 24.4 Å². The lowest BCUT2D eigenvalue weighted by molar-refractivity contribution is -0.385. The number of benzene rings is 2. The summed E-state index contributed by atoms with van der Waals surface area (Å²) in [6.07, 6.45) is 2.36. The van der Waals surface area contributed by atoms with Crippen LogP contribution in [0.3, 0.4) is 0 Å². The Bertz CT molecular complexity index is 1700. The van der Waals surface area contributed by atoms with Crippen LogP contribution in [0.15, 0.2) is 63.5 Å². The Kier molecular flexibility index (Phi) is 9.62. The van der Waals surface area contributed by atoms with Crippen LogP contribution >= 0.6 is 11.3 Å². The molecule has 42 heavy (non-hydrogen) atoms. The van der Waals surface area contributed by atoms with Crippen molar-refractivity contribution in [2.45, 2.75) is 47.1 Å². The molecule has 0 fully saturated rings. The van der Waals surface area contributed by atoms with E-state index in [9.17, 15) is 19.7 Å². The molecule has 4 rings (SSSR count). The van der Waals surface area contributed by atoms with Crippen molar-refractivity contribution in [1.29, 1.82) is 0 Å². The number of nitrogens with zero attached hydrogens (tertiary/aromatic N) is 3. The molecule has 11 heteroatoms. The monoisotopic (exact) mass is 593 g/mol. The van der Waals surface area contributed by atoms with Crippen LogP contribution in [0, 0.1) is 22.0 Å². The first-order valence-corrected chi connectivity index (χ1v) is 14.6. The Morgan fingerprint density at radius 2 is 1.88 bits per heavy atom. The fraction of sp³-hybridized carbons (Fsp3) is 0.387. The van der Waals surface area contributed by atoms with Crippen molar-refractivity contribution >= 4 is 29.1 Å². The Morgan fingerprint density at radius 3 is 2.55 bits per heavy atom. The molecule has 2 heterocycles. The number of nitro groups is 1. The number of hydrogen-bond donors (Lipinski definition) is 0. The van der Waals surface area contributed by atoms with Crippen LogP contribution in [-0.2, 0) is 9.53 Å². The average molecular weight is 594 g/mol. The third kappa shape index (κ3) is 6.62. The fourth-order valence-electron chi connectivity index (χ4n) is 4.51. The molecule has 1 aliphatic rings. The van der Waals surface area contributed by atoms with E-state index in [1.54, 1.807) is 43.3 Å². The quantitative estimate of drug-likeness (QED) is 0.178. The maximum atomic E-state index is 13.9. The van der Waals surface area contributed by atoms with Gasteiger partial charge in [0.25, 0.3) is 11.2 Å². The molecule has 10 nitrogen and oxygen atoms in total. The third-order valence-electron chi connectivity index (χ3n) is 6.67. The van der Waals surface area contributed by atoms with Crippen molar-refractivity contribution < 1.29 is 23.9 Å². The van der Waals surface area contributed by atoms with Gasteiger partial charge in [-0.1, -0.05) is 57.2 Å². The van der Waals surface area contributed by atoms with Crippen molar-refractivity contribution in [1.82, 2.24) is 4.57 Å². The van der Waals surface area contributed by atoms with Crippen LogP contribution in [0.4, 0.5) is 5.69 Å². The summed E-state index contributed by atoms with van der Waals surface area (Å²) in [6, 6.07) is 10.7. The highest BCUT2D eigenvalue weighted by Gasteiger charge is 2.34. The van der Waals surface area contributed by atoms with Gasteiger partial charge >= 0.3 is 5.97 Å². The molecule has 222 valence electrons. The highest BCUT2D eigenvalue weighted by molar-refractivity contribution is 7.07. The zero-order valence-corrected chi connectivity index (χ0v) is 25.4. The van der Waals surface area contributed by atoms with Crippen LogP contribution in [-0.4, -0.2) is 35.8 Å². The zero-order valence-electron chi connectivity index (χ0n) is 24.6. The number of hydrogen-bond acceptors (Lipinski definition) is 9. The number of fused-ring (bicyclic) bond motifs is 1. The number of nitro benzene ring substituents is 1. The van der Waals surface area contributed by atoms with E-state index >= 15 is 0 Å². The molecule has 0 aliphatic carbocycles. The molecule has 1 atom stereocenters. The van der Waals surface area contributed by atoms with Gasteiger partial charge in [-0.15, -0.1) is 0 Å². The van der Waals surface area contributed by atoms with E-state index in [2.05, 4.69) is 18.8 Å². The summed E-state index contributed by atoms with van der Waals surface area (Å²) in [4.78, 5) is 43.5. The normalized spacial score (nSPS) is 15.0. The van der Waals surface area contributed by atoms with E-state index in [1.807, 2.05) is 13.8 Å². The van der Waals surface area contributed by atoms with Crippen molar-refractivity contribution in [3.8, 4) is 11.5 Å². The van der Waals surface area contributed by atoms with E-state index < -0.39 is 22.5 Å². The molecule has 3 aromatic rings. The van der Waals surface area contributed by atoms with Crippen LogP contribution in [0.2, 0.25) is 0 Å². The predicted molar refractivity (Wildman–Crippen MR) is 161 cm³/mol. The Hall–Kier alpha value is -4.25. The van der Waals surface area contributed by atoms with E-state index in [1.165, 1.54) is 23.8 Å². The molecular formula is C31H35N3O7S. The number of ether oxygens (including phenoxy) is 3. The molecule has 0 spiro atoms. The summed E-state index contributed by atoms with van der Waals surface area (Å²) in [6.45, 7) is 10.5. The Labute approximate surface area is 247 Å². The van der Waals surface area contributed by atoms with Gasteiger partial charge in [-0.2, -0.15) is 0 Å². The van der Waals surface area contributed by atoms with E-state index in [0.29, 0.717) is 45.6 Å². The Balaban J connectivity index is 1.89. The standard InChI is InChI=1S/C31H35N3O7S/c1-18(2)13-14-40-24-12-11-22(15-25(24)39-6)28-27(30(36)41-17-19(3)4)20(5)32-31-33(28)29(35)26(42-31)16-21-9-7-8-10-23(21)34(37)38/h7-12,15-16,18-19,28H,13-14,17H2,1-6H3. The van der Waals surface area contributed by atoms with Crippen molar-refractivity contribution in [3.63, 3.8) is 0 Å². The molecule has 0 saturated carbocycles. The maximum Gasteiger partial charge on any atom is 0.338 e. The Morgan fingerprint density at radius 1 is 1.14 bits per heavy atom. The van der Waals surface area contributed by atoms with Crippen molar-refractivity contribution in [2.75, 3.05) is 20.3 Å². The number of esters is 1. The number of thiazole rings is 1. The van der Waals surface area contributed by atoms with Crippen molar-refractivity contribution in [2.24, 2.45) is 16.8 Å². The summed E-state index contributed by atoms with van der Waals surface area (Å²) in [7, 11) is 1.53. The van der Waals surface area contributed by atoms with E-state index in [0.717, 1.165) is 17.8 Å². The van der Waals surface area contributed by atoms with Crippen molar-refractivity contribution in [3.05, 3.63) is 94.7 Å². The lowest BCUT2D eigenvalue weighted by atomic mass is 9.95. The highest BCUT2D eigenvalue weighted by atomic mass is 32.1. The molecule has 1 unspecified atom stereocenters. The van der Waals surface area contributed by atoms with Crippen LogP contribution in [0.5, 0.6) is 11.5 Å². The minimum absolute atomic E-state index is 0.110. The van der Waals surface area contributed by atoms with Gasteiger partial charge < -0.3 is 14.2 Å². The van der Waals surface area contributed by atoms with Gasteiger partial charge in [-0.05, 0) is 55.0 Å². The summed E-state index contributed by atoms with van der Waals surface area (Å²) in [5.41, 5.74) is 0.999. The zero-order chi connectivity index (χ0) is 30.6. The molecule has 2 aromatic carbocycles. The van der Waals surface area contributed by atoms with Gasteiger partial charge in [0.2, 0.25) is 0 Å². The molecule has 0 radical (unpaired) electrons. The topological polar surface area (TPSA) is 122 Å². The molecular weight excluding hydrogens is 558 g/mol. The second kappa shape index (κ2) is 13.2. The van der Waals surface area contributed by atoms with Crippen LogP contribution in [0.25, 0.3) is 6.08 Å². The number of carbonyl (C=O) groups excluding carboxylic acids is 1. The summed E-state index contributed by atoms with van der Waals surface area (Å²) in [5, 5.41) is 11.6.